The van der Waals surface area contributed by atoms with Gasteiger partial charge in [0.05, 0.1) is 13.2 Å². The smallest absolute Gasteiger partial charge is 0.472 e. The van der Waals surface area contributed by atoms with Gasteiger partial charge in [0, 0.05) is 12.8 Å². The standard InChI is InChI=1S/C44H68NO10P/c1-3-5-7-9-11-13-15-17-18-19-20-21-22-24-25-27-29-31-33-35-42(47)45-41(44(49)50)39-55-56(51,52)54-38-40(46)37-53-43(48)36-34-32-30-28-26-23-16-14-12-10-8-6-4-2/h5-8,11-14,17-18,20-21,23-26,29,31,40-41,46H,3-4,9-10,15-16,19,22,27-28,30,32-39H2,1-2H3,(H,45,47)(H,49,50)(H,51,52)/b7-5-,8-6-,13-11-,14-12-,18-17-,21-20-,25-24-,26-23-,31-29-. The van der Waals surface area contributed by atoms with Gasteiger partial charge in [-0.3, -0.25) is 18.6 Å². The first kappa shape index (κ1) is 52.1. The number of carbonyl (C=O) groups excluding carboxylic acids is 2. The molecule has 0 radical (unpaired) electrons. The third-order valence-corrected chi connectivity index (χ3v) is 8.52. The number of aliphatic hydroxyl groups is 1. The maximum atomic E-state index is 12.3. The molecule has 1 amide bonds. The van der Waals surface area contributed by atoms with Crippen LogP contribution in [-0.4, -0.2) is 64.9 Å². The Hall–Kier alpha value is -3.86. The van der Waals surface area contributed by atoms with Gasteiger partial charge in [0.1, 0.15) is 12.7 Å². The second-order valence-electron chi connectivity index (χ2n) is 12.7. The van der Waals surface area contributed by atoms with E-state index in [2.05, 4.69) is 110 Å². The molecule has 3 unspecified atom stereocenters. The van der Waals surface area contributed by atoms with E-state index < -0.39 is 57.6 Å². The summed E-state index contributed by atoms with van der Waals surface area (Å²) in [5.74, 6) is -2.54. The number of unbranched alkanes of at least 4 members (excludes halogenated alkanes) is 3. The van der Waals surface area contributed by atoms with E-state index >= 15 is 0 Å². The van der Waals surface area contributed by atoms with E-state index in [1.807, 2.05) is 18.2 Å². The zero-order chi connectivity index (χ0) is 41.4. The number of carbonyl (C=O) groups is 3. The molecule has 0 bridgehead atoms. The quantitative estimate of drug-likeness (QED) is 0.0210. The Balaban J connectivity index is 4.13. The van der Waals surface area contributed by atoms with Gasteiger partial charge >= 0.3 is 19.8 Å². The lowest BCUT2D eigenvalue weighted by atomic mass is 10.1. The van der Waals surface area contributed by atoms with Crippen molar-refractivity contribution in [1.82, 2.24) is 5.32 Å². The summed E-state index contributed by atoms with van der Waals surface area (Å²) in [6.07, 6.45) is 48.5. The summed E-state index contributed by atoms with van der Waals surface area (Å²) in [5.41, 5.74) is 0. The zero-order valence-corrected chi connectivity index (χ0v) is 34.5. The van der Waals surface area contributed by atoms with Crippen molar-refractivity contribution in [2.24, 2.45) is 0 Å². The van der Waals surface area contributed by atoms with Gasteiger partial charge in [-0.1, -0.05) is 130 Å². The Morgan fingerprint density at radius 3 is 1.46 bits per heavy atom. The molecule has 314 valence electrons. The minimum absolute atomic E-state index is 0.0112. The van der Waals surface area contributed by atoms with Gasteiger partial charge in [-0.2, -0.15) is 0 Å². The molecule has 12 heteroatoms. The number of amides is 1. The Bertz CT molecular complexity index is 1360. The molecule has 3 atom stereocenters. The van der Waals surface area contributed by atoms with E-state index in [0.717, 1.165) is 70.6 Å². The van der Waals surface area contributed by atoms with Gasteiger partial charge in [-0.25, -0.2) is 9.36 Å². The molecular formula is C44H68NO10P. The molecule has 0 aromatic carbocycles. The van der Waals surface area contributed by atoms with Crippen LogP contribution in [0.15, 0.2) is 109 Å². The number of carboxylic acid groups (broad SMARTS) is 1. The predicted octanol–water partition coefficient (Wildman–Crippen LogP) is 9.88. The highest BCUT2D eigenvalue weighted by Crippen LogP contribution is 2.43. The summed E-state index contributed by atoms with van der Waals surface area (Å²) < 4.78 is 26.7. The first-order valence-corrected chi connectivity index (χ1v) is 21.4. The lowest BCUT2D eigenvalue weighted by Crippen LogP contribution is -2.43. The molecule has 56 heavy (non-hydrogen) atoms. The van der Waals surface area contributed by atoms with Crippen LogP contribution < -0.4 is 5.32 Å². The maximum absolute atomic E-state index is 12.3. The maximum Gasteiger partial charge on any atom is 0.472 e. The highest BCUT2D eigenvalue weighted by molar-refractivity contribution is 7.47. The summed E-state index contributed by atoms with van der Waals surface area (Å²) in [4.78, 5) is 45.7. The fourth-order valence-corrected chi connectivity index (χ4v) is 5.30. The van der Waals surface area contributed by atoms with Crippen molar-refractivity contribution in [2.75, 3.05) is 19.8 Å². The van der Waals surface area contributed by atoms with Gasteiger partial charge in [0.2, 0.25) is 5.91 Å². The topological polar surface area (TPSA) is 169 Å². The average Bonchev–Trinajstić information content (AvgIpc) is 3.17. The molecule has 4 N–H and O–H groups in total. The van der Waals surface area contributed by atoms with Crippen molar-refractivity contribution in [1.29, 1.82) is 0 Å². The number of aliphatic carboxylic acids is 1. The fraction of sp³-hybridized carbons (Fsp3) is 0.523. The van der Waals surface area contributed by atoms with Crippen molar-refractivity contribution < 1.29 is 47.8 Å². The Kier molecular flexibility index (Phi) is 35.4. The monoisotopic (exact) mass is 801 g/mol. The van der Waals surface area contributed by atoms with Crippen molar-refractivity contribution in [3.8, 4) is 0 Å². The average molecular weight is 802 g/mol. The summed E-state index contributed by atoms with van der Waals surface area (Å²) in [5, 5.41) is 21.7. The number of esters is 1. The molecule has 0 spiro atoms. The van der Waals surface area contributed by atoms with Crippen LogP contribution in [0.2, 0.25) is 0 Å². The van der Waals surface area contributed by atoms with Crippen LogP contribution in [0.1, 0.15) is 117 Å². The Morgan fingerprint density at radius 1 is 0.571 bits per heavy atom. The number of aliphatic hydroxyl groups excluding tert-OH is 1. The molecule has 0 aliphatic rings. The Morgan fingerprint density at radius 2 is 1.00 bits per heavy atom. The molecule has 0 rings (SSSR count). The van der Waals surface area contributed by atoms with Gasteiger partial charge in [-0.05, 0) is 83.5 Å². The van der Waals surface area contributed by atoms with Crippen molar-refractivity contribution in [3.63, 3.8) is 0 Å². The van der Waals surface area contributed by atoms with Crippen molar-refractivity contribution in [2.45, 2.75) is 129 Å². The van der Waals surface area contributed by atoms with Crippen LogP contribution in [0.5, 0.6) is 0 Å². The van der Waals surface area contributed by atoms with Crippen LogP contribution in [-0.2, 0) is 32.7 Å². The normalized spacial score (nSPS) is 14.9. The molecule has 0 fully saturated rings. The summed E-state index contributed by atoms with van der Waals surface area (Å²) >= 11 is 0. The first-order valence-electron chi connectivity index (χ1n) is 19.9. The second-order valence-corrected chi connectivity index (χ2v) is 14.2. The number of allylic oxidation sites excluding steroid dienone is 18. The number of rotatable bonds is 35. The SMILES string of the molecule is CC/C=C\C/C=C\C/C=C\C/C=C\C/C=C\C/C=C\CCC(=O)NC(COP(=O)(O)OCC(O)COC(=O)CCCCC/C=C\C/C=C\C/C=C\CC)C(=O)O. The van der Waals surface area contributed by atoms with Crippen LogP contribution in [0.3, 0.4) is 0 Å². The lowest BCUT2D eigenvalue weighted by molar-refractivity contribution is -0.147. The minimum Gasteiger partial charge on any atom is -0.480 e. The molecule has 0 saturated heterocycles. The molecular weight excluding hydrogens is 733 g/mol. The highest BCUT2D eigenvalue weighted by Gasteiger charge is 2.28. The molecule has 0 saturated carbocycles. The molecule has 0 aliphatic heterocycles. The number of hydrogen-bond acceptors (Lipinski definition) is 8. The number of phosphoric ester groups is 1. The summed E-state index contributed by atoms with van der Waals surface area (Å²) in [6, 6.07) is -1.60. The largest absolute Gasteiger partial charge is 0.480 e. The number of phosphoric acid groups is 1. The number of nitrogens with one attached hydrogen (secondary N) is 1. The molecule has 0 aromatic rings. The van der Waals surface area contributed by atoms with E-state index in [0.29, 0.717) is 19.3 Å². The van der Waals surface area contributed by atoms with Gasteiger partial charge in [0.25, 0.3) is 0 Å². The second kappa shape index (κ2) is 38.0. The van der Waals surface area contributed by atoms with Gasteiger partial charge in [0.15, 0.2) is 6.04 Å². The van der Waals surface area contributed by atoms with Crippen molar-refractivity contribution in [3.05, 3.63) is 109 Å². The van der Waals surface area contributed by atoms with E-state index in [4.69, 9.17) is 13.8 Å². The number of carboxylic acids is 1. The van der Waals surface area contributed by atoms with Crippen LogP contribution >= 0.6 is 7.82 Å². The van der Waals surface area contributed by atoms with Crippen LogP contribution in [0.4, 0.5) is 0 Å². The van der Waals surface area contributed by atoms with E-state index in [9.17, 15) is 34.1 Å². The first-order chi connectivity index (χ1) is 27.1. The van der Waals surface area contributed by atoms with E-state index in [1.54, 1.807) is 0 Å². The minimum atomic E-state index is -4.79. The Labute approximate surface area is 336 Å². The van der Waals surface area contributed by atoms with E-state index in [1.165, 1.54) is 0 Å². The molecule has 0 aromatic heterocycles. The predicted molar refractivity (Wildman–Crippen MR) is 226 cm³/mol. The molecule has 0 heterocycles. The van der Waals surface area contributed by atoms with Crippen LogP contribution in [0.25, 0.3) is 0 Å². The number of hydrogen-bond donors (Lipinski definition) is 4. The number of ether oxygens (including phenoxy) is 1. The van der Waals surface area contributed by atoms with E-state index in [-0.39, 0.29) is 12.8 Å². The fourth-order valence-electron chi connectivity index (χ4n) is 4.53. The highest BCUT2D eigenvalue weighted by atomic mass is 31.2. The third kappa shape index (κ3) is 37.1. The van der Waals surface area contributed by atoms with Crippen LogP contribution in [0, 0.1) is 0 Å². The van der Waals surface area contributed by atoms with Crippen molar-refractivity contribution >= 4 is 25.7 Å². The molecule has 0 aliphatic carbocycles. The molecule has 11 nitrogen and oxygen atoms in total. The summed E-state index contributed by atoms with van der Waals surface area (Å²) in [7, 11) is -4.79. The lowest BCUT2D eigenvalue weighted by Gasteiger charge is -2.18. The summed E-state index contributed by atoms with van der Waals surface area (Å²) in [6.45, 7) is 2.24. The van der Waals surface area contributed by atoms with Gasteiger partial charge < -0.3 is 25.2 Å². The zero-order valence-electron chi connectivity index (χ0n) is 33.6. The third-order valence-electron chi connectivity index (χ3n) is 7.57. The van der Waals surface area contributed by atoms with Gasteiger partial charge in [-0.15, -0.1) is 0 Å².